The first-order valence-electron chi connectivity index (χ1n) is 9.11. The van der Waals surface area contributed by atoms with Crippen molar-refractivity contribution in [3.8, 4) is 5.75 Å². The first-order valence-corrected chi connectivity index (χ1v) is 9.11. The van der Waals surface area contributed by atoms with E-state index in [0.29, 0.717) is 19.6 Å². The summed E-state index contributed by atoms with van der Waals surface area (Å²) in [6, 6.07) is 7.60. The smallest absolute Gasteiger partial charge is 0.309 e. The van der Waals surface area contributed by atoms with Crippen LogP contribution in [0.25, 0.3) is 0 Å². The number of ether oxygens (including phenoxy) is 3. The number of hydrogen-bond donors (Lipinski definition) is 2. The molecule has 2 aliphatic rings. The second-order valence-electron chi connectivity index (χ2n) is 6.73. The summed E-state index contributed by atoms with van der Waals surface area (Å²) in [6.45, 7) is 1.14. The van der Waals surface area contributed by atoms with Gasteiger partial charge >= 0.3 is 11.8 Å². The van der Waals surface area contributed by atoms with Crippen LogP contribution in [-0.4, -0.2) is 50.5 Å². The third-order valence-electron chi connectivity index (χ3n) is 4.83. The van der Waals surface area contributed by atoms with E-state index >= 15 is 0 Å². The van der Waals surface area contributed by atoms with Gasteiger partial charge in [-0.1, -0.05) is 12.1 Å². The summed E-state index contributed by atoms with van der Waals surface area (Å²) in [7, 11) is 1.62. The molecule has 1 aliphatic heterocycles. The summed E-state index contributed by atoms with van der Waals surface area (Å²) in [6.07, 6.45) is 4.48. The van der Waals surface area contributed by atoms with Crippen molar-refractivity contribution in [2.45, 2.75) is 44.0 Å². The van der Waals surface area contributed by atoms with E-state index in [1.54, 1.807) is 7.11 Å². The van der Waals surface area contributed by atoms with E-state index in [1.165, 1.54) is 0 Å². The van der Waals surface area contributed by atoms with Gasteiger partial charge in [0, 0.05) is 25.9 Å². The zero-order chi connectivity index (χ0) is 18.4. The van der Waals surface area contributed by atoms with E-state index in [4.69, 9.17) is 14.2 Å². The SMILES string of the molecule is COc1ccc(CCNC(=O)C(=O)NC[C@@H]2COC3(CCCC3)O2)cc1. The average molecular weight is 362 g/mol. The summed E-state index contributed by atoms with van der Waals surface area (Å²) >= 11 is 0. The maximum absolute atomic E-state index is 11.9. The summed E-state index contributed by atoms with van der Waals surface area (Å²) in [5.74, 6) is -0.936. The zero-order valence-corrected chi connectivity index (χ0v) is 15.1. The monoisotopic (exact) mass is 362 g/mol. The van der Waals surface area contributed by atoms with Crippen molar-refractivity contribution in [3.63, 3.8) is 0 Å². The van der Waals surface area contributed by atoms with Gasteiger partial charge in [0.05, 0.1) is 13.7 Å². The Balaban J connectivity index is 1.33. The Kier molecular flexibility index (Phi) is 6.11. The van der Waals surface area contributed by atoms with E-state index in [9.17, 15) is 9.59 Å². The standard InChI is InChI=1S/C19H26N2O5/c1-24-15-6-4-14(5-7-15)8-11-20-17(22)18(23)21-12-16-13-25-19(26-16)9-2-3-10-19/h4-7,16H,2-3,8-13H2,1H3,(H,20,22)(H,21,23)/t16-/m1/s1. The number of amides is 2. The first kappa shape index (κ1) is 18.7. The van der Waals surface area contributed by atoms with Crippen molar-refractivity contribution in [1.82, 2.24) is 10.6 Å². The van der Waals surface area contributed by atoms with Crippen LogP contribution in [0.3, 0.4) is 0 Å². The molecule has 7 nitrogen and oxygen atoms in total. The zero-order valence-electron chi connectivity index (χ0n) is 15.1. The van der Waals surface area contributed by atoms with Crippen LogP contribution in [0.2, 0.25) is 0 Å². The molecule has 0 bridgehead atoms. The van der Waals surface area contributed by atoms with Crippen molar-refractivity contribution in [2.24, 2.45) is 0 Å². The number of benzene rings is 1. The summed E-state index contributed by atoms with van der Waals surface area (Å²) in [5.41, 5.74) is 1.06. The molecule has 7 heteroatoms. The molecule has 1 spiro atoms. The Morgan fingerprint density at radius 3 is 2.54 bits per heavy atom. The number of nitrogens with one attached hydrogen (secondary N) is 2. The third kappa shape index (κ3) is 4.74. The number of carbonyl (C=O) groups excluding carboxylic acids is 2. The van der Waals surface area contributed by atoms with Crippen molar-refractivity contribution < 1.29 is 23.8 Å². The maximum atomic E-state index is 11.9. The summed E-state index contributed by atoms with van der Waals surface area (Å²) in [5, 5.41) is 5.25. The lowest BCUT2D eigenvalue weighted by Crippen LogP contribution is -2.44. The van der Waals surface area contributed by atoms with E-state index < -0.39 is 17.6 Å². The highest BCUT2D eigenvalue weighted by molar-refractivity contribution is 6.35. The van der Waals surface area contributed by atoms with E-state index in [2.05, 4.69) is 10.6 Å². The summed E-state index contributed by atoms with van der Waals surface area (Å²) < 4.78 is 16.8. The van der Waals surface area contributed by atoms with Crippen LogP contribution in [0, 0.1) is 0 Å². The highest BCUT2D eigenvalue weighted by Gasteiger charge is 2.43. The van der Waals surface area contributed by atoms with Crippen molar-refractivity contribution >= 4 is 11.8 Å². The Labute approximate surface area is 153 Å². The molecular weight excluding hydrogens is 336 g/mol. The predicted molar refractivity (Wildman–Crippen MR) is 94.7 cm³/mol. The predicted octanol–water partition coefficient (Wildman–Crippen LogP) is 1.16. The fourth-order valence-corrected chi connectivity index (χ4v) is 3.37. The molecule has 1 heterocycles. The molecule has 2 amide bonds. The van der Waals surface area contributed by atoms with Crippen LogP contribution >= 0.6 is 0 Å². The molecule has 1 aliphatic carbocycles. The maximum Gasteiger partial charge on any atom is 0.309 e. The van der Waals surface area contributed by atoms with Gasteiger partial charge in [-0.3, -0.25) is 9.59 Å². The molecule has 1 aromatic rings. The van der Waals surface area contributed by atoms with E-state index in [0.717, 1.165) is 37.0 Å². The number of carbonyl (C=O) groups is 2. The number of methoxy groups -OCH3 is 1. The van der Waals surface area contributed by atoms with E-state index in [-0.39, 0.29) is 12.6 Å². The van der Waals surface area contributed by atoms with Gasteiger partial charge < -0.3 is 24.8 Å². The lowest BCUT2D eigenvalue weighted by Gasteiger charge is -2.21. The Hall–Kier alpha value is -2.12. The van der Waals surface area contributed by atoms with Gasteiger partial charge in [-0.05, 0) is 37.0 Å². The molecule has 2 fully saturated rings. The molecule has 2 N–H and O–H groups in total. The first-order chi connectivity index (χ1) is 12.6. The molecular formula is C19H26N2O5. The molecule has 1 saturated carbocycles. The third-order valence-corrected chi connectivity index (χ3v) is 4.83. The highest BCUT2D eigenvalue weighted by Crippen LogP contribution is 2.38. The molecule has 0 unspecified atom stereocenters. The Morgan fingerprint density at radius 2 is 1.85 bits per heavy atom. The quantitative estimate of drug-likeness (QED) is 0.742. The fourth-order valence-electron chi connectivity index (χ4n) is 3.37. The van der Waals surface area contributed by atoms with Crippen LogP contribution in [0.4, 0.5) is 0 Å². The van der Waals surface area contributed by atoms with Gasteiger partial charge in [0.1, 0.15) is 11.9 Å². The molecule has 142 valence electrons. The van der Waals surface area contributed by atoms with Crippen LogP contribution < -0.4 is 15.4 Å². The Morgan fingerprint density at radius 1 is 1.15 bits per heavy atom. The summed E-state index contributed by atoms with van der Waals surface area (Å²) in [4.78, 5) is 23.8. The number of rotatable bonds is 6. The normalized spacial score (nSPS) is 20.9. The average Bonchev–Trinajstić information content (AvgIpc) is 3.30. The molecule has 3 rings (SSSR count). The van der Waals surface area contributed by atoms with Gasteiger partial charge in [-0.2, -0.15) is 0 Å². The molecule has 0 radical (unpaired) electrons. The van der Waals surface area contributed by atoms with Crippen LogP contribution in [0.5, 0.6) is 5.75 Å². The highest BCUT2D eigenvalue weighted by atomic mass is 16.7. The fraction of sp³-hybridized carbons (Fsp3) is 0.579. The molecule has 1 saturated heterocycles. The van der Waals surface area contributed by atoms with Gasteiger partial charge in [-0.25, -0.2) is 0 Å². The lowest BCUT2D eigenvalue weighted by molar-refractivity contribution is -0.161. The largest absolute Gasteiger partial charge is 0.497 e. The minimum absolute atomic E-state index is 0.191. The van der Waals surface area contributed by atoms with Crippen molar-refractivity contribution in [1.29, 1.82) is 0 Å². The van der Waals surface area contributed by atoms with Gasteiger partial charge in [0.15, 0.2) is 5.79 Å². The molecule has 1 atom stereocenters. The van der Waals surface area contributed by atoms with Gasteiger partial charge in [0.2, 0.25) is 0 Å². The van der Waals surface area contributed by atoms with Crippen LogP contribution in [0.15, 0.2) is 24.3 Å². The minimum atomic E-state index is -0.643. The van der Waals surface area contributed by atoms with Crippen LogP contribution in [0.1, 0.15) is 31.2 Å². The molecule has 1 aromatic carbocycles. The minimum Gasteiger partial charge on any atom is -0.497 e. The second-order valence-corrected chi connectivity index (χ2v) is 6.73. The lowest BCUT2D eigenvalue weighted by atomic mass is 10.1. The van der Waals surface area contributed by atoms with Gasteiger partial charge in [0.25, 0.3) is 0 Å². The van der Waals surface area contributed by atoms with Crippen molar-refractivity contribution in [2.75, 3.05) is 26.8 Å². The van der Waals surface area contributed by atoms with Crippen LogP contribution in [-0.2, 0) is 25.5 Å². The van der Waals surface area contributed by atoms with Crippen molar-refractivity contribution in [3.05, 3.63) is 29.8 Å². The Bertz CT molecular complexity index is 625. The molecule has 26 heavy (non-hydrogen) atoms. The number of hydrogen-bond acceptors (Lipinski definition) is 5. The van der Waals surface area contributed by atoms with Gasteiger partial charge in [-0.15, -0.1) is 0 Å². The molecule has 0 aromatic heterocycles. The topological polar surface area (TPSA) is 85.9 Å². The van der Waals surface area contributed by atoms with E-state index in [1.807, 2.05) is 24.3 Å². The second kappa shape index (κ2) is 8.51.